The lowest BCUT2D eigenvalue weighted by atomic mass is 10.1. The fourth-order valence-corrected chi connectivity index (χ4v) is 3.45. The summed E-state index contributed by atoms with van der Waals surface area (Å²) in [5, 5.41) is 0. The molecule has 1 aromatic carbocycles. The van der Waals surface area contributed by atoms with Crippen LogP contribution in [0.15, 0.2) is 24.3 Å². The molecule has 1 aliphatic heterocycles. The lowest BCUT2D eigenvalue weighted by molar-refractivity contribution is 0.0533. The molecular weight excluding hydrogens is 288 g/mol. The number of hydrogen-bond donors (Lipinski definition) is 0. The van der Waals surface area contributed by atoms with Gasteiger partial charge in [-0.25, -0.2) is 8.42 Å². The van der Waals surface area contributed by atoms with Crippen LogP contribution in [0, 0.1) is 0 Å². The van der Waals surface area contributed by atoms with Crippen molar-refractivity contribution in [2.45, 2.75) is 18.7 Å². The van der Waals surface area contributed by atoms with Gasteiger partial charge in [-0.3, -0.25) is 4.79 Å². The topological polar surface area (TPSA) is 57.7 Å². The van der Waals surface area contributed by atoms with Gasteiger partial charge in [-0.2, -0.15) is 0 Å². The van der Waals surface area contributed by atoms with Gasteiger partial charge in [0.1, 0.15) is 0 Å². The predicted molar refractivity (Wildman–Crippen MR) is 83.0 cm³/mol. The van der Waals surface area contributed by atoms with E-state index in [0.29, 0.717) is 11.1 Å². The van der Waals surface area contributed by atoms with Crippen molar-refractivity contribution in [1.82, 2.24) is 9.80 Å². The van der Waals surface area contributed by atoms with Crippen LogP contribution in [0.2, 0.25) is 0 Å². The fraction of sp³-hybridized carbons (Fsp3) is 0.533. The normalized spacial score (nSPS) is 20.5. The minimum atomic E-state index is -3.05. The van der Waals surface area contributed by atoms with Gasteiger partial charge in [0.15, 0.2) is 9.84 Å². The molecule has 0 aromatic heterocycles. The Hall–Kier alpha value is -1.40. The van der Waals surface area contributed by atoms with Gasteiger partial charge in [-0.1, -0.05) is 12.1 Å². The zero-order valence-electron chi connectivity index (χ0n) is 12.7. The molecule has 1 atom stereocenters. The SMILES string of the molecule is CC1CN(C)CCN1C(=O)c1ccc(CS(C)(=O)=O)cc1. The van der Waals surface area contributed by atoms with Crippen LogP contribution in [-0.2, 0) is 15.6 Å². The van der Waals surface area contributed by atoms with Crippen molar-refractivity contribution < 1.29 is 13.2 Å². The average molecular weight is 310 g/mol. The molecule has 21 heavy (non-hydrogen) atoms. The summed E-state index contributed by atoms with van der Waals surface area (Å²) in [7, 11) is -0.993. The van der Waals surface area contributed by atoms with Crippen molar-refractivity contribution in [3.05, 3.63) is 35.4 Å². The Kier molecular flexibility index (Phi) is 4.68. The third-order valence-electron chi connectivity index (χ3n) is 3.72. The second-order valence-electron chi connectivity index (χ2n) is 5.88. The van der Waals surface area contributed by atoms with E-state index in [4.69, 9.17) is 0 Å². The molecule has 0 saturated carbocycles. The van der Waals surface area contributed by atoms with Gasteiger partial charge in [0, 0.05) is 37.5 Å². The van der Waals surface area contributed by atoms with E-state index in [-0.39, 0.29) is 17.7 Å². The van der Waals surface area contributed by atoms with Gasteiger partial charge in [-0.05, 0) is 31.7 Å². The van der Waals surface area contributed by atoms with Crippen LogP contribution < -0.4 is 0 Å². The molecule has 0 radical (unpaired) electrons. The van der Waals surface area contributed by atoms with Crippen molar-refractivity contribution in [3.8, 4) is 0 Å². The smallest absolute Gasteiger partial charge is 0.254 e. The van der Waals surface area contributed by atoms with E-state index in [1.165, 1.54) is 6.26 Å². The lowest BCUT2D eigenvalue weighted by Crippen LogP contribution is -2.52. The molecule has 1 fully saturated rings. The largest absolute Gasteiger partial charge is 0.333 e. The highest BCUT2D eigenvalue weighted by molar-refractivity contribution is 7.89. The van der Waals surface area contributed by atoms with Crippen molar-refractivity contribution in [2.75, 3.05) is 32.9 Å². The predicted octanol–water partition coefficient (Wildman–Crippen LogP) is 1.01. The van der Waals surface area contributed by atoms with Crippen LogP contribution in [0.3, 0.4) is 0 Å². The number of carbonyl (C=O) groups excluding carboxylic acids is 1. The quantitative estimate of drug-likeness (QED) is 0.836. The summed E-state index contributed by atoms with van der Waals surface area (Å²) in [5.74, 6) is 0.0216. The Labute approximate surface area is 126 Å². The first-order valence-electron chi connectivity index (χ1n) is 7.02. The first-order valence-corrected chi connectivity index (χ1v) is 9.08. The maximum Gasteiger partial charge on any atom is 0.254 e. The van der Waals surface area contributed by atoms with Crippen molar-refractivity contribution >= 4 is 15.7 Å². The molecule has 1 saturated heterocycles. The maximum atomic E-state index is 12.5. The molecule has 0 spiro atoms. The van der Waals surface area contributed by atoms with Gasteiger partial charge in [0.2, 0.25) is 0 Å². The Balaban J connectivity index is 2.09. The number of nitrogens with zero attached hydrogens (tertiary/aromatic N) is 2. The third kappa shape index (κ3) is 4.28. The molecular formula is C15H22N2O3S. The zero-order chi connectivity index (χ0) is 15.6. The van der Waals surface area contributed by atoms with Crippen LogP contribution in [0.25, 0.3) is 0 Å². The van der Waals surface area contributed by atoms with Crippen molar-refractivity contribution in [2.24, 2.45) is 0 Å². The zero-order valence-corrected chi connectivity index (χ0v) is 13.6. The first-order chi connectivity index (χ1) is 9.76. The highest BCUT2D eigenvalue weighted by atomic mass is 32.2. The van der Waals surface area contributed by atoms with E-state index in [1.807, 2.05) is 11.8 Å². The molecule has 5 nitrogen and oxygen atoms in total. The molecule has 1 heterocycles. The number of sulfone groups is 1. The third-order valence-corrected chi connectivity index (χ3v) is 4.58. The van der Waals surface area contributed by atoms with Crippen molar-refractivity contribution in [1.29, 1.82) is 0 Å². The Morgan fingerprint density at radius 2 is 1.86 bits per heavy atom. The van der Waals surface area contributed by atoms with Gasteiger partial charge in [0.05, 0.1) is 5.75 Å². The Bertz CT molecular complexity index is 610. The van der Waals surface area contributed by atoms with Gasteiger partial charge >= 0.3 is 0 Å². The van der Waals surface area contributed by atoms with E-state index in [9.17, 15) is 13.2 Å². The van der Waals surface area contributed by atoms with E-state index < -0.39 is 9.84 Å². The van der Waals surface area contributed by atoms with E-state index in [0.717, 1.165) is 19.6 Å². The standard InChI is InChI=1S/C15H22N2O3S/c1-12-10-16(2)8-9-17(12)15(18)14-6-4-13(5-7-14)11-21(3,19)20/h4-7,12H,8-11H2,1-3H3. The lowest BCUT2D eigenvalue weighted by Gasteiger charge is -2.38. The Morgan fingerprint density at radius 3 is 2.38 bits per heavy atom. The molecule has 1 amide bonds. The summed E-state index contributed by atoms with van der Waals surface area (Å²) in [4.78, 5) is 16.6. The fourth-order valence-electron chi connectivity index (χ4n) is 2.65. The molecule has 0 N–H and O–H groups in total. The molecule has 0 aliphatic carbocycles. The number of benzene rings is 1. The van der Waals surface area contributed by atoms with Crippen LogP contribution in [0.5, 0.6) is 0 Å². The first kappa shape index (κ1) is 16.0. The maximum absolute atomic E-state index is 12.5. The summed E-state index contributed by atoms with van der Waals surface area (Å²) < 4.78 is 22.5. The molecule has 1 unspecified atom stereocenters. The van der Waals surface area contributed by atoms with Crippen LogP contribution >= 0.6 is 0 Å². The number of likely N-dealkylation sites (N-methyl/N-ethyl adjacent to an activating group) is 1. The van der Waals surface area contributed by atoms with Crippen LogP contribution in [-0.4, -0.2) is 63.1 Å². The molecule has 1 aliphatic rings. The second-order valence-corrected chi connectivity index (χ2v) is 8.02. The van der Waals surface area contributed by atoms with Gasteiger partial charge in [0.25, 0.3) is 5.91 Å². The van der Waals surface area contributed by atoms with E-state index >= 15 is 0 Å². The van der Waals surface area contributed by atoms with Crippen LogP contribution in [0.1, 0.15) is 22.8 Å². The minimum absolute atomic E-state index is 0.00633. The van der Waals surface area contributed by atoms with Crippen LogP contribution in [0.4, 0.5) is 0 Å². The molecule has 2 rings (SSSR count). The minimum Gasteiger partial charge on any atom is -0.333 e. The average Bonchev–Trinajstić information content (AvgIpc) is 2.37. The molecule has 0 bridgehead atoms. The number of rotatable bonds is 3. The highest BCUT2D eigenvalue weighted by Gasteiger charge is 2.26. The number of hydrogen-bond acceptors (Lipinski definition) is 4. The molecule has 6 heteroatoms. The summed E-state index contributed by atoms with van der Waals surface area (Å²) in [6, 6.07) is 7.05. The second kappa shape index (κ2) is 6.15. The number of piperazine rings is 1. The van der Waals surface area contributed by atoms with E-state index in [1.54, 1.807) is 24.3 Å². The summed E-state index contributed by atoms with van der Waals surface area (Å²) >= 11 is 0. The summed E-state index contributed by atoms with van der Waals surface area (Å²) in [6.45, 7) is 4.52. The summed E-state index contributed by atoms with van der Waals surface area (Å²) in [6.07, 6.45) is 1.21. The number of amides is 1. The summed E-state index contributed by atoms with van der Waals surface area (Å²) in [5.41, 5.74) is 1.32. The highest BCUT2D eigenvalue weighted by Crippen LogP contribution is 2.14. The Morgan fingerprint density at radius 1 is 1.24 bits per heavy atom. The van der Waals surface area contributed by atoms with Gasteiger partial charge < -0.3 is 9.80 Å². The van der Waals surface area contributed by atoms with E-state index in [2.05, 4.69) is 11.9 Å². The van der Waals surface area contributed by atoms with Crippen molar-refractivity contribution in [3.63, 3.8) is 0 Å². The number of carbonyl (C=O) groups is 1. The molecule has 1 aromatic rings. The molecule has 116 valence electrons. The monoisotopic (exact) mass is 310 g/mol. The van der Waals surface area contributed by atoms with Gasteiger partial charge in [-0.15, -0.1) is 0 Å².